The first kappa shape index (κ1) is 29.0. The zero-order valence-corrected chi connectivity index (χ0v) is 21.7. The molecule has 39 heavy (non-hydrogen) atoms. The van der Waals surface area contributed by atoms with Crippen LogP contribution in [0.5, 0.6) is 11.5 Å². The first-order chi connectivity index (χ1) is 18.4. The van der Waals surface area contributed by atoms with Crippen LogP contribution in [-0.4, -0.2) is 21.4 Å². The number of hydrogen-bond acceptors (Lipinski definition) is 6. The lowest BCUT2D eigenvalue weighted by molar-refractivity contribution is -0.137. The van der Waals surface area contributed by atoms with Crippen molar-refractivity contribution in [2.75, 3.05) is 12.4 Å². The van der Waals surface area contributed by atoms with Gasteiger partial charge in [-0.2, -0.15) is 26.9 Å². The SMILES string of the molecule is C=CCc1cc(/C=C(\C#N)C(=O)Nc2cccc(C(F)(F)F)c2)cc(OC)c1OS(=O)(=O)c1ccc(C)cc1. The van der Waals surface area contributed by atoms with Crippen LogP contribution in [-0.2, 0) is 27.5 Å². The van der Waals surface area contributed by atoms with Gasteiger partial charge in [-0.15, -0.1) is 6.58 Å². The van der Waals surface area contributed by atoms with Crippen molar-refractivity contribution in [3.63, 3.8) is 0 Å². The van der Waals surface area contributed by atoms with Crippen molar-refractivity contribution in [1.29, 1.82) is 5.26 Å². The molecule has 3 rings (SSSR count). The highest BCUT2D eigenvalue weighted by Crippen LogP contribution is 2.36. The fraction of sp³-hybridized carbons (Fsp3) is 0.143. The van der Waals surface area contributed by atoms with Crippen LogP contribution in [0.4, 0.5) is 18.9 Å². The molecule has 3 aromatic rings. The van der Waals surface area contributed by atoms with Crippen molar-refractivity contribution in [2.24, 2.45) is 0 Å². The molecule has 0 saturated carbocycles. The van der Waals surface area contributed by atoms with Crippen molar-refractivity contribution >= 4 is 27.8 Å². The third-order valence-electron chi connectivity index (χ3n) is 5.36. The Morgan fingerprint density at radius 3 is 2.41 bits per heavy atom. The van der Waals surface area contributed by atoms with E-state index >= 15 is 0 Å². The smallest absolute Gasteiger partial charge is 0.416 e. The summed E-state index contributed by atoms with van der Waals surface area (Å²) in [4.78, 5) is 12.6. The molecule has 3 aromatic carbocycles. The van der Waals surface area contributed by atoms with Gasteiger partial charge in [0, 0.05) is 11.3 Å². The van der Waals surface area contributed by atoms with Gasteiger partial charge in [0.25, 0.3) is 5.91 Å². The van der Waals surface area contributed by atoms with Crippen LogP contribution < -0.4 is 14.2 Å². The molecule has 0 aliphatic heterocycles. The van der Waals surface area contributed by atoms with Crippen LogP contribution in [0.3, 0.4) is 0 Å². The van der Waals surface area contributed by atoms with Crippen molar-refractivity contribution in [3.8, 4) is 17.6 Å². The minimum Gasteiger partial charge on any atom is -0.493 e. The summed E-state index contributed by atoms with van der Waals surface area (Å²) in [7, 11) is -2.94. The molecule has 0 aliphatic rings. The number of hydrogen-bond donors (Lipinski definition) is 1. The molecule has 0 radical (unpaired) electrons. The minimum atomic E-state index is -4.61. The van der Waals surface area contributed by atoms with Crippen LogP contribution in [0.2, 0.25) is 0 Å². The summed E-state index contributed by atoms with van der Waals surface area (Å²) in [6.45, 7) is 5.47. The van der Waals surface area contributed by atoms with E-state index in [4.69, 9.17) is 8.92 Å². The van der Waals surface area contributed by atoms with Gasteiger partial charge < -0.3 is 14.2 Å². The predicted octanol–water partition coefficient (Wildman–Crippen LogP) is 6.06. The normalized spacial score (nSPS) is 11.8. The summed E-state index contributed by atoms with van der Waals surface area (Å²) >= 11 is 0. The van der Waals surface area contributed by atoms with Gasteiger partial charge in [0.15, 0.2) is 11.5 Å². The summed E-state index contributed by atoms with van der Waals surface area (Å²) in [5.74, 6) is -1.03. The Hall–Kier alpha value is -4.56. The lowest BCUT2D eigenvalue weighted by atomic mass is 10.0. The summed E-state index contributed by atoms with van der Waals surface area (Å²) in [6, 6.07) is 14.6. The fourth-order valence-corrected chi connectivity index (χ4v) is 4.44. The molecule has 11 heteroatoms. The standard InChI is InChI=1S/C28H23F3N2O5S/c1-4-6-20-13-19(14-21(17-32)27(34)33-23-8-5-7-22(16-23)28(29,30)31)15-25(37-3)26(20)38-39(35,36)24-11-9-18(2)10-12-24/h4-5,7-16H,1,6H2,2-3H3,(H,33,34)/b21-14+. The van der Waals surface area contributed by atoms with E-state index in [0.29, 0.717) is 5.56 Å². The number of aryl methyl sites for hydroxylation is 1. The number of benzene rings is 3. The highest BCUT2D eigenvalue weighted by Gasteiger charge is 2.30. The van der Waals surface area contributed by atoms with E-state index in [1.165, 1.54) is 49.6 Å². The number of amides is 1. The zero-order chi connectivity index (χ0) is 28.8. The molecule has 7 nitrogen and oxygen atoms in total. The largest absolute Gasteiger partial charge is 0.493 e. The molecule has 0 fully saturated rings. The third kappa shape index (κ3) is 7.27. The van der Waals surface area contributed by atoms with Gasteiger partial charge in [-0.25, -0.2) is 0 Å². The average Bonchev–Trinajstić information content (AvgIpc) is 2.88. The maximum atomic E-state index is 13.0. The summed E-state index contributed by atoms with van der Waals surface area (Å²) in [6.07, 6.45) is -1.77. The molecule has 202 valence electrons. The van der Waals surface area contributed by atoms with Crippen molar-refractivity contribution in [1.82, 2.24) is 0 Å². The molecule has 0 aliphatic carbocycles. The Morgan fingerprint density at radius 2 is 1.82 bits per heavy atom. The van der Waals surface area contributed by atoms with Gasteiger partial charge in [-0.1, -0.05) is 29.8 Å². The highest BCUT2D eigenvalue weighted by atomic mass is 32.2. The first-order valence-corrected chi connectivity index (χ1v) is 12.7. The number of anilines is 1. The number of nitrogens with one attached hydrogen (secondary N) is 1. The molecule has 0 atom stereocenters. The van der Waals surface area contributed by atoms with E-state index < -0.39 is 33.3 Å². The van der Waals surface area contributed by atoms with E-state index in [1.807, 2.05) is 6.92 Å². The third-order valence-corrected chi connectivity index (χ3v) is 6.60. The van der Waals surface area contributed by atoms with E-state index in [2.05, 4.69) is 11.9 Å². The molecule has 0 aromatic heterocycles. The van der Waals surface area contributed by atoms with Crippen molar-refractivity contribution < 1.29 is 35.3 Å². The Balaban J connectivity index is 1.97. The number of rotatable bonds is 9. The van der Waals surface area contributed by atoms with Crippen LogP contribution in [0.25, 0.3) is 6.08 Å². The first-order valence-electron chi connectivity index (χ1n) is 11.3. The second-order valence-electron chi connectivity index (χ2n) is 8.26. The fourth-order valence-electron chi connectivity index (χ4n) is 3.47. The monoisotopic (exact) mass is 556 g/mol. The van der Waals surface area contributed by atoms with Gasteiger partial charge in [0.05, 0.1) is 12.7 Å². The van der Waals surface area contributed by atoms with Crippen LogP contribution >= 0.6 is 0 Å². The second kappa shape index (κ2) is 11.9. The minimum absolute atomic E-state index is 0.00635. The number of carbonyl (C=O) groups excluding carboxylic acids is 1. The molecule has 0 heterocycles. The van der Waals surface area contributed by atoms with Crippen LogP contribution in [0.15, 0.2) is 83.8 Å². The molecule has 0 bridgehead atoms. The number of alkyl halides is 3. The number of allylic oxidation sites excluding steroid dienone is 1. The Bertz CT molecular complexity index is 1570. The van der Waals surface area contributed by atoms with Gasteiger partial charge in [-0.3, -0.25) is 4.79 Å². The second-order valence-corrected chi connectivity index (χ2v) is 9.80. The molecular weight excluding hydrogens is 533 g/mol. The lowest BCUT2D eigenvalue weighted by Gasteiger charge is -2.16. The summed E-state index contributed by atoms with van der Waals surface area (Å²) in [5, 5.41) is 11.8. The molecule has 0 unspecified atom stereocenters. The molecule has 0 spiro atoms. The average molecular weight is 557 g/mol. The van der Waals surface area contributed by atoms with Crippen molar-refractivity contribution in [2.45, 2.75) is 24.4 Å². The maximum absolute atomic E-state index is 13.0. The molecule has 1 N–H and O–H groups in total. The topological polar surface area (TPSA) is 105 Å². The van der Waals surface area contributed by atoms with Crippen LogP contribution in [0, 0.1) is 18.3 Å². The molecule has 1 amide bonds. The highest BCUT2D eigenvalue weighted by molar-refractivity contribution is 7.87. The lowest BCUT2D eigenvalue weighted by Crippen LogP contribution is -2.14. The number of carbonyl (C=O) groups is 1. The van der Waals surface area contributed by atoms with Gasteiger partial charge in [0.2, 0.25) is 0 Å². The number of halogens is 3. The van der Waals surface area contributed by atoms with E-state index in [9.17, 15) is 31.6 Å². The Labute approximate surface area is 223 Å². The van der Waals surface area contributed by atoms with Gasteiger partial charge in [-0.05, 0) is 67.4 Å². The number of nitrogens with zero attached hydrogens (tertiary/aromatic N) is 1. The number of ether oxygens (including phenoxy) is 1. The quantitative estimate of drug-likeness (QED) is 0.149. The number of methoxy groups -OCH3 is 1. The number of nitriles is 1. The molecule has 0 saturated heterocycles. The summed E-state index contributed by atoms with van der Waals surface area (Å²) < 4.78 is 75.6. The van der Waals surface area contributed by atoms with E-state index in [-0.39, 0.29) is 34.1 Å². The molecular formula is C28H23F3N2O5S. The van der Waals surface area contributed by atoms with E-state index in [1.54, 1.807) is 18.2 Å². The van der Waals surface area contributed by atoms with Gasteiger partial charge in [0.1, 0.15) is 16.5 Å². The summed E-state index contributed by atoms with van der Waals surface area (Å²) in [5.41, 5.74) is -0.0505. The maximum Gasteiger partial charge on any atom is 0.416 e. The predicted molar refractivity (Wildman–Crippen MR) is 140 cm³/mol. The van der Waals surface area contributed by atoms with Crippen molar-refractivity contribution in [3.05, 3.63) is 101 Å². The van der Waals surface area contributed by atoms with Crippen LogP contribution in [0.1, 0.15) is 22.3 Å². The Morgan fingerprint density at radius 1 is 1.13 bits per heavy atom. The van der Waals surface area contributed by atoms with Gasteiger partial charge >= 0.3 is 16.3 Å². The Kier molecular flexibility index (Phi) is 8.83. The zero-order valence-electron chi connectivity index (χ0n) is 20.9. The van der Waals surface area contributed by atoms with E-state index in [0.717, 1.165) is 23.8 Å².